The van der Waals surface area contributed by atoms with Gasteiger partial charge in [-0.3, -0.25) is 4.79 Å². The van der Waals surface area contributed by atoms with Crippen LogP contribution in [0, 0.1) is 5.41 Å². The summed E-state index contributed by atoms with van der Waals surface area (Å²) in [5.41, 5.74) is -0.0138. The van der Waals surface area contributed by atoms with Gasteiger partial charge in [0.15, 0.2) is 0 Å². The molecule has 1 aliphatic carbocycles. The number of hydrogen-bond acceptors (Lipinski definition) is 4. The monoisotopic (exact) mass is 262 g/mol. The Hall–Kier alpha value is -1.84. The lowest BCUT2D eigenvalue weighted by atomic mass is 9.88. The first-order chi connectivity index (χ1) is 9.20. The Kier molecular flexibility index (Phi) is 4.20. The Morgan fingerprint density at radius 1 is 1.26 bits per heavy atom. The third-order valence-corrected chi connectivity index (χ3v) is 3.66. The number of carbonyl (C=O) groups excluding carboxylic acids is 2. The van der Waals surface area contributed by atoms with E-state index >= 15 is 0 Å². The van der Waals surface area contributed by atoms with Gasteiger partial charge >= 0.3 is 5.97 Å². The summed E-state index contributed by atoms with van der Waals surface area (Å²) in [4.78, 5) is 23.2. The van der Waals surface area contributed by atoms with Crippen LogP contribution < -0.4 is 4.74 Å². The molecule has 1 aromatic rings. The van der Waals surface area contributed by atoms with Crippen LogP contribution in [-0.4, -0.2) is 19.4 Å². The van der Waals surface area contributed by atoms with Crippen molar-refractivity contribution in [2.24, 2.45) is 5.41 Å². The molecule has 2 rings (SSSR count). The second kappa shape index (κ2) is 5.87. The smallest absolute Gasteiger partial charge is 0.319 e. The van der Waals surface area contributed by atoms with E-state index in [0.29, 0.717) is 12.8 Å². The summed E-state index contributed by atoms with van der Waals surface area (Å²) in [5.74, 6) is 0.367. The molecule has 1 aromatic carbocycles. The zero-order valence-electron chi connectivity index (χ0n) is 11.1. The molecule has 0 atom stereocenters. The quantitative estimate of drug-likeness (QED) is 0.465. The minimum absolute atomic E-state index is 0.193. The van der Waals surface area contributed by atoms with Crippen molar-refractivity contribution >= 4 is 12.3 Å². The summed E-state index contributed by atoms with van der Waals surface area (Å²) in [7, 11) is 1.60. The summed E-state index contributed by atoms with van der Waals surface area (Å²) in [6.45, 7) is 0.193. The molecule has 0 bridgehead atoms. The second-order valence-electron chi connectivity index (χ2n) is 4.91. The van der Waals surface area contributed by atoms with E-state index in [4.69, 9.17) is 9.47 Å². The van der Waals surface area contributed by atoms with Crippen molar-refractivity contribution in [2.75, 3.05) is 7.11 Å². The van der Waals surface area contributed by atoms with Crippen molar-refractivity contribution in [2.45, 2.75) is 32.3 Å². The molecule has 0 spiro atoms. The number of esters is 1. The standard InChI is InChI=1S/C15H18O4/c1-18-13-6-4-12(5-7-13)10-19-14(17)15(11-16)8-2-3-9-15/h4-7,11H,2-3,8-10H2,1H3. The minimum atomic E-state index is -0.896. The third-order valence-electron chi connectivity index (χ3n) is 3.66. The van der Waals surface area contributed by atoms with Crippen molar-refractivity contribution in [3.8, 4) is 5.75 Å². The highest BCUT2D eigenvalue weighted by Gasteiger charge is 2.42. The Balaban J connectivity index is 1.94. The van der Waals surface area contributed by atoms with Crippen LogP contribution in [0.5, 0.6) is 5.75 Å². The molecule has 1 saturated carbocycles. The second-order valence-corrected chi connectivity index (χ2v) is 4.91. The molecular formula is C15H18O4. The summed E-state index contributed by atoms with van der Waals surface area (Å²) < 4.78 is 10.3. The topological polar surface area (TPSA) is 52.6 Å². The van der Waals surface area contributed by atoms with Gasteiger partial charge in [0, 0.05) is 0 Å². The molecule has 0 aromatic heterocycles. The molecule has 0 aliphatic heterocycles. The lowest BCUT2D eigenvalue weighted by Crippen LogP contribution is -2.31. The van der Waals surface area contributed by atoms with Gasteiger partial charge in [-0.15, -0.1) is 0 Å². The van der Waals surface area contributed by atoms with Crippen molar-refractivity contribution in [1.82, 2.24) is 0 Å². The molecule has 19 heavy (non-hydrogen) atoms. The molecule has 0 radical (unpaired) electrons. The molecule has 0 amide bonds. The first-order valence-corrected chi connectivity index (χ1v) is 6.47. The van der Waals surface area contributed by atoms with Gasteiger partial charge in [0.2, 0.25) is 0 Å². The van der Waals surface area contributed by atoms with E-state index in [1.165, 1.54) is 0 Å². The molecule has 4 heteroatoms. The number of methoxy groups -OCH3 is 1. The predicted molar refractivity (Wildman–Crippen MR) is 69.8 cm³/mol. The molecule has 102 valence electrons. The van der Waals surface area contributed by atoms with Crippen molar-refractivity contribution < 1.29 is 19.1 Å². The summed E-state index contributed by atoms with van der Waals surface area (Å²) in [6, 6.07) is 7.31. The lowest BCUT2D eigenvalue weighted by Gasteiger charge is -2.19. The molecule has 0 heterocycles. The number of aldehydes is 1. The fraction of sp³-hybridized carbons (Fsp3) is 0.467. The van der Waals surface area contributed by atoms with Crippen LogP contribution in [0.4, 0.5) is 0 Å². The van der Waals surface area contributed by atoms with Crippen molar-refractivity contribution in [3.05, 3.63) is 29.8 Å². The van der Waals surface area contributed by atoms with E-state index in [1.807, 2.05) is 24.3 Å². The first kappa shape index (κ1) is 13.6. The molecule has 1 fully saturated rings. The van der Waals surface area contributed by atoms with E-state index in [1.54, 1.807) is 7.11 Å². The maximum atomic E-state index is 12.0. The van der Waals surface area contributed by atoms with Gasteiger partial charge in [0.25, 0.3) is 0 Å². The summed E-state index contributed by atoms with van der Waals surface area (Å²) in [5, 5.41) is 0. The molecule has 1 aliphatic rings. The zero-order chi connectivity index (χ0) is 13.7. The largest absolute Gasteiger partial charge is 0.497 e. The first-order valence-electron chi connectivity index (χ1n) is 6.47. The maximum Gasteiger partial charge on any atom is 0.319 e. The van der Waals surface area contributed by atoms with Crippen LogP contribution in [0.2, 0.25) is 0 Å². The van der Waals surface area contributed by atoms with Gasteiger partial charge in [-0.2, -0.15) is 0 Å². The highest BCUT2D eigenvalue weighted by molar-refractivity contribution is 5.93. The molecule has 4 nitrogen and oxygen atoms in total. The van der Waals surface area contributed by atoms with Gasteiger partial charge in [0.05, 0.1) is 7.11 Å². The normalized spacial score (nSPS) is 16.9. The van der Waals surface area contributed by atoms with E-state index in [0.717, 1.165) is 30.4 Å². The number of benzene rings is 1. The predicted octanol–water partition coefficient (Wildman–Crippen LogP) is 2.50. The molecule has 0 N–H and O–H groups in total. The van der Waals surface area contributed by atoms with Crippen LogP contribution in [0.1, 0.15) is 31.2 Å². The van der Waals surface area contributed by atoms with Gasteiger partial charge in [-0.1, -0.05) is 25.0 Å². The molecule has 0 unspecified atom stereocenters. The van der Waals surface area contributed by atoms with Gasteiger partial charge in [0.1, 0.15) is 24.1 Å². The Morgan fingerprint density at radius 2 is 1.89 bits per heavy atom. The van der Waals surface area contributed by atoms with E-state index in [9.17, 15) is 9.59 Å². The minimum Gasteiger partial charge on any atom is -0.497 e. The average Bonchev–Trinajstić information content (AvgIpc) is 2.95. The molecule has 0 saturated heterocycles. The summed E-state index contributed by atoms with van der Waals surface area (Å²) >= 11 is 0. The van der Waals surface area contributed by atoms with Gasteiger partial charge in [-0.05, 0) is 30.5 Å². The Bertz CT molecular complexity index is 444. The van der Waals surface area contributed by atoms with Crippen LogP contribution in [0.25, 0.3) is 0 Å². The fourth-order valence-electron chi connectivity index (χ4n) is 2.39. The van der Waals surface area contributed by atoms with Gasteiger partial charge in [-0.25, -0.2) is 0 Å². The number of ether oxygens (including phenoxy) is 2. The number of hydrogen-bond donors (Lipinski definition) is 0. The van der Waals surface area contributed by atoms with Crippen molar-refractivity contribution in [1.29, 1.82) is 0 Å². The van der Waals surface area contributed by atoms with Crippen LogP contribution in [-0.2, 0) is 20.9 Å². The van der Waals surface area contributed by atoms with Gasteiger partial charge < -0.3 is 14.3 Å². The number of rotatable bonds is 5. The van der Waals surface area contributed by atoms with E-state index in [-0.39, 0.29) is 6.61 Å². The maximum absolute atomic E-state index is 12.0. The average molecular weight is 262 g/mol. The van der Waals surface area contributed by atoms with Crippen LogP contribution in [0.15, 0.2) is 24.3 Å². The third kappa shape index (κ3) is 2.95. The van der Waals surface area contributed by atoms with E-state index in [2.05, 4.69) is 0 Å². The highest BCUT2D eigenvalue weighted by Crippen LogP contribution is 2.37. The van der Waals surface area contributed by atoms with Crippen molar-refractivity contribution in [3.63, 3.8) is 0 Å². The van der Waals surface area contributed by atoms with E-state index < -0.39 is 11.4 Å². The van der Waals surface area contributed by atoms with Crippen LogP contribution >= 0.6 is 0 Å². The SMILES string of the molecule is COc1ccc(COC(=O)C2(C=O)CCCC2)cc1. The summed E-state index contributed by atoms with van der Waals surface area (Å²) in [6.07, 6.45) is 3.80. The fourth-order valence-corrected chi connectivity index (χ4v) is 2.39. The highest BCUT2D eigenvalue weighted by atomic mass is 16.5. The lowest BCUT2D eigenvalue weighted by molar-refractivity contribution is -0.158. The Morgan fingerprint density at radius 3 is 2.42 bits per heavy atom. The van der Waals surface area contributed by atoms with Crippen LogP contribution in [0.3, 0.4) is 0 Å². The zero-order valence-corrected chi connectivity index (χ0v) is 11.1. The molecular weight excluding hydrogens is 244 g/mol. The Labute approximate surface area is 112 Å². The number of carbonyl (C=O) groups is 2.